The van der Waals surface area contributed by atoms with Crippen molar-refractivity contribution in [2.24, 2.45) is 0 Å². The highest BCUT2D eigenvalue weighted by Crippen LogP contribution is 2.25. The van der Waals surface area contributed by atoms with Gasteiger partial charge in [-0.25, -0.2) is 4.98 Å². The van der Waals surface area contributed by atoms with Gasteiger partial charge in [0.2, 0.25) is 0 Å². The normalized spacial score (nSPS) is 9.85. The van der Waals surface area contributed by atoms with Crippen molar-refractivity contribution in [2.75, 3.05) is 18.2 Å². The average Bonchev–Trinajstić information content (AvgIpc) is 2.46. The molecule has 0 aliphatic heterocycles. The van der Waals surface area contributed by atoms with Crippen LogP contribution in [0.1, 0.15) is 11.1 Å². The largest absolute Gasteiger partial charge is 0.495 e. The van der Waals surface area contributed by atoms with Gasteiger partial charge in [0, 0.05) is 12.7 Å². The maximum absolute atomic E-state index is 8.90. The van der Waals surface area contributed by atoms with E-state index in [0.717, 1.165) is 5.56 Å². The maximum atomic E-state index is 8.90. The molecule has 5 nitrogen and oxygen atoms in total. The van der Waals surface area contributed by atoms with E-state index in [2.05, 4.69) is 10.3 Å². The fourth-order valence-corrected chi connectivity index (χ4v) is 1.95. The van der Waals surface area contributed by atoms with Gasteiger partial charge in [-0.3, -0.25) is 0 Å². The number of hydrogen-bond donors (Lipinski definition) is 2. The minimum Gasteiger partial charge on any atom is -0.495 e. The minimum atomic E-state index is 0.316. The van der Waals surface area contributed by atoms with Gasteiger partial charge in [-0.2, -0.15) is 5.26 Å². The maximum Gasteiger partial charge on any atom is 0.146 e. The van der Waals surface area contributed by atoms with Crippen LogP contribution in [0.4, 0.5) is 11.5 Å². The van der Waals surface area contributed by atoms with Gasteiger partial charge in [0.1, 0.15) is 22.7 Å². The Bertz CT molecular complexity index is 667. The Labute approximate surface area is 122 Å². The number of pyridine rings is 1. The van der Waals surface area contributed by atoms with Gasteiger partial charge >= 0.3 is 0 Å². The first kappa shape index (κ1) is 14.0. The quantitative estimate of drug-likeness (QED) is 0.845. The number of hydrogen-bond acceptors (Lipinski definition) is 5. The molecule has 6 heteroatoms. The van der Waals surface area contributed by atoms with Gasteiger partial charge < -0.3 is 15.8 Å². The molecule has 3 N–H and O–H groups in total. The lowest BCUT2D eigenvalue weighted by atomic mass is 10.2. The Kier molecular flexibility index (Phi) is 4.28. The fraction of sp³-hybridized carbons (Fsp3) is 0.143. The van der Waals surface area contributed by atoms with Crippen LogP contribution in [0.15, 0.2) is 30.5 Å². The number of aromatic nitrogens is 1. The Morgan fingerprint density at radius 3 is 2.90 bits per heavy atom. The summed E-state index contributed by atoms with van der Waals surface area (Å²) < 4.78 is 5.10. The minimum absolute atomic E-state index is 0.316. The molecule has 20 heavy (non-hydrogen) atoms. The highest BCUT2D eigenvalue weighted by atomic mass is 35.5. The first-order valence-electron chi connectivity index (χ1n) is 5.86. The van der Waals surface area contributed by atoms with Crippen LogP contribution in [0.3, 0.4) is 0 Å². The molecule has 0 saturated carbocycles. The number of nitrogens with two attached hydrogens (primary N) is 1. The van der Waals surface area contributed by atoms with Gasteiger partial charge in [-0.15, -0.1) is 0 Å². The number of nitrogens with zero attached hydrogens (tertiary/aromatic N) is 2. The molecule has 0 radical (unpaired) electrons. The molecule has 0 fully saturated rings. The van der Waals surface area contributed by atoms with Crippen molar-refractivity contribution in [3.63, 3.8) is 0 Å². The molecule has 1 aromatic heterocycles. The van der Waals surface area contributed by atoms with Crippen LogP contribution in [0.5, 0.6) is 5.75 Å². The van der Waals surface area contributed by atoms with E-state index in [4.69, 9.17) is 27.3 Å². The number of nitrogens with one attached hydrogen (secondary N) is 1. The Balaban J connectivity index is 2.13. The fourth-order valence-electron chi connectivity index (χ4n) is 1.73. The predicted octanol–water partition coefficient (Wildman–Crippen LogP) is 2.81. The van der Waals surface area contributed by atoms with Gasteiger partial charge in [0.05, 0.1) is 18.4 Å². The number of anilines is 2. The molecule has 0 unspecified atom stereocenters. The Morgan fingerprint density at radius 2 is 2.25 bits per heavy atom. The van der Waals surface area contributed by atoms with Crippen LogP contribution in [0, 0.1) is 11.3 Å². The summed E-state index contributed by atoms with van der Waals surface area (Å²) >= 11 is 6.06. The Morgan fingerprint density at radius 1 is 1.45 bits per heavy atom. The number of methoxy groups -OCH3 is 1. The van der Waals surface area contributed by atoms with Crippen molar-refractivity contribution in [1.29, 1.82) is 5.26 Å². The van der Waals surface area contributed by atoms with E-state index in [1.54, 1.807) is 19.2 Å². The SMILES string of the molecule is COc1ccc(CNc2nccc(C#N)c2Cl)cc1N. The van der Waals surface area contributed by atoms with Crippen molar-refractivity contribution in [3.8, 4) is 11.8 Å². The molecule has 0 spiro atoms. The van der Waals surface area contributed by atoms with Crippen LogP contribution in [0.2, 0.25) is 5.02 Å². The predicted molar refractivity (Wildman–Crippen MR) is 78.7 cm³/mol. The number of nitrogen functional groups attached to an aromatic ring is 1. The highest BCUT2D eigenvalue weighted by molar-refractivity contribution is 6.34. The second-order valence-corrected chi connectivity index (χ2v) is 4.44. The van der Waals surface area contributed by atoms with Crippen LogP contribution in [-0.4, -0.2) is 12.1 Å². The van der Waals surface area contributed by atoms with Crippen molar-refractivity contribution < 1.29 is 4.74 Å². The van der Waals surface area contributed by atoms with Gasteiger partial charge in [0.15, 0.2) is 0 Å². The zero-order valence-electron chi connectivity index (χ0n) is 10.9. The van der Waals surface area contributed by atoms with Crippen molar-refractivity contribution >= 4 is 23.1 Å². The van der Waals surface area contributed by atoms with Gasteiger partial charge in [-0.1, -0.05) is 17.7 Å². The van der Waals surface area contributed by atoms with E-state index in [-0.39, 0.29) is 0 Å². The van der Waals surface area contributed by atoms with E-state index in [9.17, 15) is 0 Å². The molecule has 2 aromatic rings. The zero-order chi connectivity index (χ0) is 14.5. The van der Waals surface area contributed by atoms with Gasteiger partial charge in [0.25, 0.3) is 0 Å². The van der Waals surface area contributed by atoms with Crippen LogP contribution >= 0.6 is 11.6 Å². The van der Waals surface area contributed by atoms with E-state index >= 15 is 0 Å². The summed E-state index contributed by atoms with van der Waals surface area (Å²) in [5.41, 5.74) is 7.75. The summed E-state index contributed by atoms with van der Waals surface area (Å²) in [5, 5.41) is 12.3. The molecule has 102 valence electrons. The van der Waals surface area contributed by atoms with E-state index in [1.165, 1.54) is 6.20 Å². The van der Waals surface area contributed by atoms with E-state index < -0.39 is 0 Å². The molecule has 0 atom stereocenters. The lowest BCUT2D eigenvalue weighted by molar-refractivity contribution is 0.417. The van der Waals surface area contributed by atoms with Crippen molar-refractivity contribution in [1.82, 2.24) is 4.98 Å². The summed E-state index contributed by atoms with van der Waals surface area (Å²) in [5.74, 6) is 1.11. The number of benzene rings is 1. The van der Waals surface area contributed by atoms with E-state index in [0.29, 0.717) is 34.4 Å². The van der Waals surface area contributed by atoms with Crippen molar-refractivity contribution in [3.05, 3.63) is 46.6 Å². The summed E-state index contributed by atoms with van der Waals surface area (Å²) in [7, 11) is 1.57. The monoisotopic (exact) mass is 288 g/mol. The number of nitriles is 1. The Hall–Kier alpha value is -2.45. The van der Waals surface area contributed by atoms with Crippen LogP contribution < -0.4 is 15.8 Å². The summed E-state index contributed by atoms with van der Waals surface area (Å²) in [4.78, 5) is 4.11. The number of halogens is 1. The summed E-state index contributed by atoms with van der Waals surface area (Å²) in [6.07, 6.45) is 1.54. The summed E-state index contributed by atoms with van der Waals surface area (Å²) in [6, 6.07) is 9.08. The van der Waals surface area contributed by atoms with Crippen LogP contribution in [0.25, 0.3) is 0 Å². The standard InChI is InChI=1S/C14H13ClN4O/c1-20-12-3-2-9(6-11(12)17)8-19-14-13(15)10(7-16)4-5-18-14/h2-6H,8,17H2,1H3,(H,18,19). The first-order valence-corrected chi connectivity index (χ1v) is 6.24. The van der Waals surface area contributed by atoms with E-state index in [1.807, 2.05) is 18.2 Å². The third-order valence-electron chi connectivity index (χ3n) is 2.76. The second-order valence-electron chi connectivity index (χ2n) is 4.06. The topological polar surface area (TPSA) is 84.0 Å². The highest BCUT2D eigenvalue weighted by Gasteiger charge is 2.07. The third kappa shape index (κ3) is 2.92. The number of ether oxygens (including phenoxy) is 1. The molecule has 2 rings (SSSR count). The average molecular weight is 289 g/mol. The van der Waals surface area contributed by atoms with Gasteiger partial charge in [-0.05, 0) is 23.8 Å². The molecule has 0 aliphatic carbocycles. The van der Waals surface area contributed by atoms with Crippen LogP contribution in [-0.2, 0) is 6.54 Å². The number of rotatable bonds is 4. The molecule has 0 saturated heterocycles. The lowest BCUT2D eigenvalue weighted by Crippen LogP contribution is -2.03. The first-order chi connectivity index (χ1) is 9.65. The second kappa shape index (κ2) is 6.13. The lowest BCUT2D eigenvalue weighted by Gasteiger charge is -2.10. The van der Waals surface area contributed by atoms with Crippen molar-refractivity contribution in [2.45, 2.75) is 6.54 Å². The molecule has 0 aliphatic rings. The molecule has 1 aromatic carbocycles. The molecule has 0 bridgehead atoms. The molecule has 1 heterocycles. The third-order valence-corrected chi connectivity index (χ3v) is 3.15. The smallest absolute Gasteiger partial charge is 0.146 e. The summed E-state index contributed by atoms with van der Waals surface area (Å²) in [6.45, 7) is 0.496. The molecular formula is C14H13ClN4O. The molecule has 0 amide bonds. The molecular weight excluding hydrogens is 276 g/mol. The zero-order valence-corrected chi connectivity index (χ0v) is 11.6.